The lowest BCUT2D eigenvalue weighted by atomic mass is 10.1. The van der Waals surface area contributed by atoms with E-state index in [0.717, 1.165) is 10.0 Å². The van der Waals surface area contributed by atoms with Gasteiger partial charge in [-0.05, 0) is 30.2 Å². The van der Waals surface area contributed by atoms with Crippen molar-refractivity contribution in [2.75, 3.05) is 0 Å². The van der Waals surface area contributed by atoms with Gasteiger partial charge in [-0.1, -0.05) is 28.1 Å². The summed E-state index contributed by atoms with van der Waals surface area (Å²) in [5, 5.41) is 8.30. The number of aryl methyl sites for hydroxylation is 1. The second kappa shape index (κ2) is 4.08. The first-order valence-corrected chi connectivity index (χ1v) is 4.35. The molecule has 0 radical (unpaired) electrons. The van der Waals surface area contributed by atoms with Gasteiger partial charge < -0.3 is 0 Å². The quantitative estimate of drug-likeness (QED) is 0.668. The van der Waals surface area contributed by atoms with E-state index < -0.39 is 0 Å². The molecule has 0 saturated carbocycles. The number of nitriles is 1. The molecule has 0 atom stereocenters. The average Bonchev–Trinajstić information content (AvgIpc) is 2.07. The first-order chi connectivity index (χ1) is 5.74. The van der Waals surface area contributed by atoms with Crippen molar-refractivity contribution in [3.05, 3.63) is 39.9 Å². The number of benzene rings is 1. The summed E-state index contributed by atoms with van der Waals surface area (Å²) in [6.07, 6.45) is 3.25. The highest BCUT2D eigenvalue weighted by Crippen LogP contribution is 2.17. The monoisotopic (exact) mass is 221 g/mol. The molecule has 1 nitrogen and oxygen atoms in total. The Morgan fingerprint density at radius 2 is 2.25 bits per heavy atom. The zero-order valence-electron chi connectivity index (χ0n) is 6.71. The van der Waals surface area contributed by atoms with Crippen molar-refractivity contribution in [3.8, 4) is 6.07 Å². The molecule has 0 heterocycles. The molecule has 2 heteroatoms. The first-order valence-electron chi connectivity index (χ1n) is 3.56. The molecule has 12 heavy (non-hydrogen) atoms. The fraction of sp³-hybridized carbons (Fsp3) is 0.100. The van der Waals surface area contributed by atoms with Crippen molar-refractivity contribution >= 4 is 22.0 Å². The van der Waals surface area contributed by atoms with Crippen LogP contribution in [0.3, 0.4) is 0 Å². The minimum atomic E-state index is 1.04. The molecule has 0 aliphatic rings. The van der Waals surface area contributed by atoms with Crippen molar-refractivity contribution in [1.82, 2.24) is 0 Å². The van der Waals surface area contributed by atoms with Crippen LogP contribution in [0, 0.1) is 18.3 Å². The van der Waals surface area contributed by atoms with E-state index in [2.05, 4.69) is 15.9 Å². The molecular formula is C10H8BrN. The van der Waals surface area contributed by atoms with Gasteiger partial charge in [-0.25, -0.2) is 0 Å². The number of hydrogen-bond acceptors (Lipinski definition) is 1. The molecule has 1 aromatic carbocycles. The molecule has 0 N–H and O–H groups in total. The van der Waals surface area contributed by atoms with Crippen LogP contribution in [0.1, 0.15) is 11.1 Å². The molecule has 1 rings (SSSR count). The van der Waals surface area contributed by atoms with Gasteiger partial charge in [0.1, 0.15) is 0 Å². The fourth-order valence-electron chi connectivity index (χ4n) is 0.846. The molecule has 0 aliphatic carbocycles. The maximum Gasteiger partial charge on any atom is 0.0912 e. The van der Waals surface area contributed by atoms with Gasteiger partial charge in [0.25, 0.3) is 0 Å². The van der Waals surface area contributed by atoms with Gasteiger partial charge in [-0.2, -0.15) is 5.26 Å². The Hall–Kier alpha value is -1.07. The molecule has 0 fully saturated rings. The average molecular weight is 222 g/mol. The Labute approximate surface area is 80.5 Å². The van der Waals surface area contributed by atoms with E-state index >= 15 is 0 Å². The van der Waals surface area contributed by atoms with E-state index in [4.69, 9.17) is 5.26 Å². The predicted molar refractivity (Wildman–Crippen MR) is 53.5 cm³/mol. The lowest BCUT2D eigenvalue weighted by Gasteiger charge is -1.97. The second-order valence-corrected chi connectivity index (χ2v) is 3.33. The van der Waals surface area contributed by atoms with Gasteiger partial charge >= 0.3 is 0 Å². The van der Waals surface area contributed by atoms with Crippen LogP contribution in [-0.4, -0.2) is 0 Å². The number of rotatable bonds is 1. The topological polar surface area (TPSA) is 23.8 Å². The Morgan fingerprint density at radius 3 is 2.83 bits per heavy atom. The summed E-state index contributed by atoms with van der Waals surface area (Å²) in [6.45, 7) is 2.03. The van der Waals surface area contributed by atoms with Crippen LogP contribution in [0.5, 0.6) is 0 Å². The van der Waals surface area contributed by atoms with Crippen molar-refractivity contribution in [2.24, 2.45) is 0 Å². The summed E-state index contributed by atoms with van der Waals surface area (Å²) in [7, 11) is 0. The zero-order chi connectivity index (χ0) is 8.97. The van der Waals surface area contributed by atoms with E-state index in [9.17, 15) is 0 Å². The van der Waals surface area contributed by atoms with Gasteiger partial charge in [-0.3, -0.25) is 0 Å². The Balaban J connectivity index is 2.99. The molecule has 1 aromatic rings. The molecule has 60 valence electrons. The third-order valence-corrected chi connectivity index (χ3v) is 2.40. The molecule has 0 bridgehead atoms. The minimum absolute atomic E-state index is 1.04. The van der Waals surface area contributed by atoms with Gasteiger partial charge in [0.05, 0.1) is 6.07 Å². The van der Waals surface area contributed by atoms with Crippen molar-refractivity contribution in [2.45, 2.75) is 6.92 Å². The minimum Gasteiger partial charge on any atom is -0.193 e. The Kier molecular flexibility index (Phi) is 3.07. The molecule has 0 aromatic heterocycles. The van der Waals surface area contributed by atoms with E-state index in [-0.39, 0.29) is 0 Å². The van der Waals surface area contributed by atoms with Gasteiger partial charge in [0.2, 0.25) is 0 Å². The van der Waals surface area contributed by atoms with E-state index in [1.54, 1.807) is 6.08 Å². The van der Waals surface area contributed by atoms with Gasteiger partial charge in [0, 0.05) is 10.5 Å². The maximum absolute atomic E-state index is 8.30. The summed E-state index contributed by atoms with van der Waals surface area (Å²) in [6, 6.07) is 7.94. The third-order valence-electron chi connectivity index (χ3n) is 1.55. The van der Waals surface area contributed by atoms with Crippen LogP contribution in [0.15, 0.2) is 28.7 Å². The maximum atomic E-state index is 8.30. The number of hydrogen-bond donors (Lipinski definition) is 0. The standard InChI is InChI=1S/C10H8BrN/c1-8-4-5-9(3-2-6-12)7-10(8)11/h2-5,7H,1H3/b3-2-. The van der Waals surface area contributed by atoms with Gasteiger partial charge in [0.15, 0.2) is 0 Å². The highest BCUT2D eigenvalue weighted by atomic mass is 79.9. The molecule has 0 saturated heterocycles. The second-order valence-electron chi connectivity index (χ2n) is 2.47. The molecule has 0 amide bonds. The third kappa shape index (κ3) is 2.21. The highest BCUT2D eigenvalue weighted by Gasteiger charge is 1.93. The lowest BCUT2D eigenvalue weighted by molar-refractivity contribution is 1.42. The van der Waals surface area contributed by atoms with Crippen molar-refractivity contribution in [1.29, 1.82) is 5.26 Å². The molecule has 0 unspecified atom stereocenters. The molecule has 0 spiro atoms. The van der Waals surface area contributed by atoms with E-state index in [1.807, 2.05) is 31.2 Å². The number of nitrogens with zero attached hydrogens (tertiary/aromatic N) is 1. The normalized spacial score (nSPS) is 10.1. The Bertz CT molecular complexity index is 347. The van der Waals surface area contributed by atoms with Crippen LogP contribution >= 0.6 is 15.9 Å². The summed E-state index contributed by atoms with van der Waals surface area (Å²) < 4.78 is 1.07. The van der Waals surface area contributed by atoms with Crippen molar-refractivity contribution in [3.63, 3.8) is 0 Å². The zero-order valence-corrected chi connectivity index (χ0v) is 8.30. The van der Waals surface area contributed by atoms with E-state index in [0.29, 0.717) is 0 Å². The highest BCUT2D eigenvalue weighted by molar-refractivity contribution is 9.10. The number of allylic oxidation sites excluding steroid dienone is 1. The number of halogens is 1. The van der Waals surface area contributed by atoms with Crippen LogP contribution in [0.25, 0.3) is 6.08 Å². The molecule has 0 aliphatic heterocycles. The van der Waals surface area contributed by atoms with Crippen LogP contribution < -0.4 is 0 Å². The van der Waals surface area contributed by atoms with Crippen LogP contribution in [0.4, 0.5) is 0 Å². The van der Waals surface area contributed by atoms with Crippen LogP contribution in [0.2, 0.25) is 0 Å². The molecular weight excluding hydrogens is 214 g/mol. The summed E-state index contributed by atoms with van der Waals surface area (Å²) in [5.74, 6) is 0. The van der Waals surface area contributed by atoms with E-state index in [1.165, 1.54) is 11.6 Å². The van der Waals surface area contributed by atoms with Gasteiger partial charge in [-0.15, -0.1) is 0 Å². The Morgan fingerprint density at radius 1 is 1.50 bits per heavy atom. The predicted octanol–water partition coefficient (Wildman–Crippen LogP) is 3.29. The SMILES string of the molecule is Cc1ccc(/C=C\C#N)cc1Br. The smallest absolute Gasteiger partial charge is 0.0912 e. The van der Waals surface area contributed by atoms with Crippen LogP contribution in [-0.2, 0) is 0 Å². The first kappa shape index (κ1) is 9.02. The lowest BCUT2D eigenvalue weighted by Crippen LogP contribution is -1.76. The summed E-state index contributed by atoms with van der Waals surface area (Å²) in [5.41, 5.74) is 2.23. The van der Waals surface area contributed by atoms with Crippen molar-refractivity contribution < 1.29 is 0 Å². The fourth-order valence-corrected chi connectivity index (χ4v) is 1.24. The summed E-state index contributed by atoms with van der Waals surface area (Å²) >= 11 is 3.42. The largest absolute Gasteiger partial charge is 0.193 e. The summed E-state index contributed by atoms with van der Waals surface area (Å²) in [4.78, 5) is 0.